The summed E-state index contributed by atoms with van der Waals surface area (Å²) >= 11 is 0. The zero-order valence-corrected chi connectivity index (χ0v) is 12.6. The van der Waals surface area contributed by atoms with Gasteiger partial charge in [-0.25, -0.2) is 4.79 Å². The predicted molar refractivity (Wildman–Crippen MR) is 86.1 cm³/mol. The lowest BCUT2D eigenvalue weighted by molar-refractivity contribution is 0.415. The van der Waals surface area contributed by atoms with Crippen LogP contribution < -0.4 is 10.4 Å². The Labute approximate surface area is 131 Å². The maximum absolute atomic E-state index is 12.1. The summed E-state index contributed by atoms with van der Waals surface area (Å²) in [6.07, 6.45) is 0. The monoisotopic (exact) mass is 310 g/mol. The van der Waals surface area contributed by atoms with Crippen molar-refractivity contribution in [3.05, 3.63) is 58.4 Å². The van der Waals surface area contributed by atoms with Crippen molar-refractivity contribution in [1.29, 1.82) is 0 Å². The van der Waals surface area contributed by atoms with Crippen molar-refractivity contribution < 1.29 is 14.3 Å². The van der Waals surface area contributed by atoms with E-state index in [0.29, 0.717) is 28.0 Å². The van der Waals surface area contributed by atoms with Crippen molar-refractivity contribution in [3.63, 3.8) is 0 Å². The standard InChI is InChI=1S/C17H14N2O4/c1-10-14-8-5-12(20)9-15(14)23-17(21)16(10)19-18-11-3-6-13(22-2)7-4-11/h3-9,20H,1-2H3. The van der Waals surface area contributed by atoms with Crippen LogP contribution in [-0.2, 0) is 0 Å². The molecule has 0 bridgehead atoms. The first-order valence-corrected chi connectivity index (χ1v) is 6.90. The fourth-order valence-electron chi connectivity index (χ4n) is 2.21. The van der Waals surface area contributed by atoms with Gasteiger partial charge in [-0.3, -0.25) is 0 Å². The lowest BCUT2D eigenvalue weighted by Crippen LogP contribution is -2.00. The van der Waals surface area contributed by atoms with E-state index in [2.05, 4.69) is 10.2 Å². The Balaban J connectivity index is 2.03. The highest BCUT2D eigenvalue weighted by molar-refractivity contribution is 5.84. The third-order valence-corrected chi connectivity index (χ3v) is 3.46. The second-order valence-corrected chi connectivity index (χ2v) is 4.94. The normalized spacial score (nSPS) is 11.2. The highest BCUT2D eigenvalue weighted by Gasteiger charge is 2.11. The zero-order valence-electron chi connectivity index (χ0n) is 12.6. The van der Waals surface area contributed by atoms with Crippen LogP contribution in [0.4, 0.5) is 11.4 Å². The van der Waals surface area contributed by atoms with Gasteiger partial charge in [-0.15, -0.1) is 5.11 Å². The zero-order chi connectivity index (χ0) is 16.4. The molecule has 0 radical (unpaired) electrons. The van der Waals surface area contributed by atoms with Crippen molar-refractivity contribution in [2.75, 3.05) is 7.11 Å². The Morgan fingerprint density at radius 1 is 1.09 bits per heavy atom. The first-order valence-electron chi connectivity index (χ1n) is 6.90. The molecule has 0 fully saturated rings. The van der Waals surface area contributed by atoms with E-state index in [1.54, 1.807) is 44.4 Å². The van der Waals surface area contributed by atoms with E-state index in [-0.39, 0.29) is 11.4 Å². The molecule has 0 unspecified atom stereocenters. The molecule has 0 saturated carbocycles. The molecule has 2 aromatic carbocycles. The van der Waals surface area contributed by atoms with Gasteiger partial charge in [-0.2, -0.15) is 5.11 Å². The summed E-state index contributed by atoms with van der Waals surface area (Å²) in [7, 11) is 1.58. The maximum atomic E-state index is 12.1. The van der Waals surface area contributed by atoms with Gasteiger partial charge in [0.15, 0.2) is 5.69 Å². The molecule has 3 aromatic rings. The summed E-state index contributed by atoms with van der Waals surface area (Å²) < 4.78 is 10.3. The van der Waals surface area contributed by atoms with Gasteiger partial charge in [0.05, 0.1) is 12.8 Å². The number of methoxy groups -OCH3 is 1. The molecule has 6 nitrogen and oxygen atoms in total. The Morgan fingerprint density at radius 2 is 1.83 bits per heavy atom. The lowest BCUT2D eigenvalue weighted by atomic mass is 10.1. The van der Waals surface area contributed by atoms with Crippen molar-refractivity contribution in [1.82, 2.24) is 0 Å². The number of nitrogens with zero attached hydrogens (tertiary/aromatic N) is 2. The number of azo groups is 1. The molecule has 1 N–H and O–H groups in total. The topological polar surface area (TPSA) is 84.4 Å². The van der Waals surface area contributed by atoms with E-state index >= 15 is 0 Å². The van der Waals surface area contributed by atoms with Crippen LogP contribution in [0.15, 0.2) is 61.9 Å². The molecular weight excluding hydrogens is 296 g/mol. The van der Waals surface area contributed by atoms with E-state index < -0.39 is 5.63 Å². The predicted octanol–water partition coefficient (Wildman–Crippen LogP) is 4.23. The van der Waals surface area contributed by atoms with E-state index in [0.717, 1.165) is 0 Å². The fraction of sp³-hybridized carbons (Fsp3) is 0.118. The van der Waals surface area contributed by atoms with Crippen LogP contribution in [0.3, 0.4) is 0 Å². The van der Waals surface area contributed by atoms with Crippen LogP contribution in [0.2, 0.25) is 0 Å². The van der Waals surface area contributed by atoms with Gasteiger partial charge in [0.1, 0.15) is 17.1 Å². The molecule has 0 atom stereocenters. The largest absolute Gasteiger partial charge is 0.508 e. The average Bonchev–Trinajstić information content (AvgIpc) is 2.55. The highest BCUT2D eigenvalue weighted by atomic mass is 16.5. The minimum Gasteiger partial charge on any atom is -0.508 e. The maximum Gasteiger partial charge on any atom is 0.364 e. The Bertz CT molecular complexity index is 943. The second-order valence-electron chi connectivity index (χ2n) is 4.94. The molecule has 0 amide bonds. The number of fused-ring (bicyclic) bond motifs is 1. The second kappa shape index (κ2) is 5.92. The van der Waals surface area contributed by atoms with Crippen LogP contribution in [0.25, 0.3) is 11.0 Å². The summed E-state index contributed by atoms with van der Waals surface area (Å²) in [5, 5.41) is 18.2. The molecule has 0 aliphatic rings. The van der Waals surface area contributed by atoms with Crippen molar-refractivity contribution in [2.45, 2.75) is 6.92 Å². The lowest BCUT2D eigenvalue weighted by Gasteiger charge is -2.03. The number of hydrogen-bond acceptors (Lipinski definition) is 6. The minimum atomic E-state index is -0.599. The van der Waals surface area contributed by atoms with Gasteiger partial charge < -0.3 is 14.3 Å². The molecule has 0 spiro atoms. The Morgan fingerprint density at radius 3 is 2.52 bits per heavy atom. The number of phenolic OH excluding ortho intramolecular Hbond substituents is 1. The first kappa shape index (κ1) is 14.8. The summed E-state index contributed by atoms with van der Waals surface area (Å²) in [4.78, 5) is 12.1. The molecule has 1 heterocycles. The third-order valence-electron chi connectivity index (χ3n) is 3.46. The van der Waals surface area contributed by atoms with Gasteiger partial charge in [0.2, 0.25) is 0 Å². The molecular formula is C17H14N2O4. The smallest absolute Gasteiger partial charge is 0.364 e. The Kier molecular flexibility index (Phi) is 3.80. The van der Waals surface area contributed by atoms with Gasteiger partial charge >= 0.3 is 5.63 Å². The van der Waals surface area contributed by atoms with Crippen LogP contribution in [-0.4, -0.2) is 12.2 Å². The van der Waals surface area contributed by atoms with Crippen LogP contribution in [0, 0.1) is 6.92 Å². The van der Waals surface area contributed by atoms with E-state index in [9.17, 15) is 9.90 Å². The summed E-state index contributed by atoms with van der Waals surface area (Å²) in [6.45, 7) is 1.76. The third kappa shape index (κ3) is 2.91. The molecule has 0 saturated heterocycles. The highest BCUT2D eigenvalue weighted by Crippen LogP contribution is 2.28. The molecule has 6 heteroatoms. The molecule has 0 aliphatic carbocycles. The molecule has 0 aliphatic heterocycles. The Hall–Kier alpha value is -3.15. The number of phenols is 1. The molecule has 3 rings (SSSR count). The molecule has 1 aromatic heterocycles. The van der Waals surface area contributed by atoms with Crippen molar-refractivity contribution >= 4 is 22.3 Å². The number of benzene rings is 2. The fourth-order valence-corrected chi connectivity index (χ4v) is 2.21. The van der Waals surface area contributed by atoms with E-state index in [1.165, 1.54) is 12.1 Å². The van der Waals surface area contributed by atoms with Crippen LogP contribution >= 0.6 is 0 Å². The van der Waals surface area contributed by atoms with Crippen LogP contribution in [0.5, 0.6) is 11.5 Å². The number of aromatic hydroxyl groups is 1. The summed E-state index contributed by atoms with van der Waals surface area (Å²) in [5.41, 5.74) is 1.09. The van der Waals surface area contributed by atoms with Gasteiger partial charge in [-0.1, -0.05) is 0 Å². The summed E-state index contributed by atoms with van der Waals surface area (Å²) in [5.74, 6) is 0.748. The van der Waals surface area contributed by atoms with E-state index in [4.69, 9.17) is 9.15 Å². The first-order chi connectivity index (χ1) is 11.1. The minimum absolute atomic E-state index is 0.0349. The number of rotatable bonds is 3. The van der Waals surface area contributed by atoms with Crippen LogP contribution in [0.1, 0.15) is 5.56 Å². The number of hydrogen-bond donors (Lipinski definition) is 1. The molecule has 116 valence electrons. The molecule has 23 heavy (non-hydrogen) atoms. The van der Waals surface area contributed by atoms with Crippen molar-refractivity contribution in [3.8, 4) is 11.5 Å². The van der Waals surface area contributed by atoms with Gasteiger partial charge in [-0.05, 0) is 48.9 Å². The van der Waals surface area contributed by atoms with Gasteiger partial charge in [0, 0.05) is 11.5 Å². The van der Waals surface area contributed by atoms with Crippen molar-refractivity contribution in [2.24, 2.45) is 10.2 Å². The van der Waals surface area contributed by atoms with Gasteiger partial charge in [0.25, 0.3) is 0 Å². The SMILES string of the molecule is COc1ccc(N=Nc2c(C)c3ccc(O)cc3oc2=O)cc1. The summed E-state index contributed by atoms with van der Waals surface area (Å²) in [6, 6.07) is 11.6. The number of ether oxygens (including phenoxy) is 1. The van der Waals surface area contributed by atoms with E-state index in [1.807, 2.05) is 0 Å². The average molecular weight is 310 g/mol. The quantitative estimate of drug-likeness (QED) is 0.579. The number of aryl methyl sites for hydroxylation is 1.